The molecule has 0 spiro atoms. The first-order chi connectivity index (χ1) is 12.1. The lowest BCUT2D eigenvalue weighted by Gasteiger charge is -2.36. The third-order valence-electron chi connectivity index (χ3n) is 5.79. The zero-order valence-corrected chi connectivity index (χ0v) is 14.1. The van der Waals surface area contributed by atoms with Gasteiger partial charge in [0, 0.05) is 17.5 Å². The summed E-state index contributed by atoms with van der Waals surface area (Å²) in [5.41, 5.74) is 7.08. The van der Waals surface area contributed by atoms with Crippen molar-refractivity contribution in [3.05, 3.63) is 59.8 Å². The van der Waals surface area contributed by atoms with E-state index in [1.807, 2.05) is 23.1 Å². The molecule has 5 heteroatoms. The Morgan fingerprint density at radius 2 is 2.00 bits per heavy atom. The number of aromatic nitrogens is 1. The Balaban J connectivity index is 1.63. The number of benzene rings is 1. The molecule has 0 saturated carbocycles. The van der Waals surface area contributed by atoms with Crippen LogP contribution in [-0.2, 0) is 6.42 Å². The molecular formula is C20H23N3O2. The number of carbonyl (C=O) groups excluding carboxylic acids is 1. The maximum absolute atomic E-state index is 13.0. The van der Waals surface area contributed by atoms with Gasteiger partial charge in [-0.25, -0.2) is 4.98 Å². The SMILES string of the molecule is Nc1cccc(C(=O)N2[C@@H]3CC[C@H]2[C@](CO)(Cc2ccccc2)C3)n1. The first-order valence-electron chi connectivity index (χ1n) is 8.83. The number of aliphatic hydroxyl groups excluding tert-OH is 1. The Labute approximate surface area is 147 Å². The van der Waals surface area contributed by atoms with Crippen molar-refractivity contribution in [2.45, 2.75) is 37.8 Å². The van der Waals surface area contributed by atoms with Crippen LogP contribution in [0, 0.1) is 5.41 Å². The number of aliphatic hydroxyl groups is 1. The van der Waals surface area contributed by atoms with E-state index >= 15 is 0 Å². The molecule has 2 fully saturated rings. The summed E-state index contributed by atoms with van der Waals surface area (Å²) in [6.45, 7) is 0.0944. The summed E-state index contributed by atoms with van der Waals surface area (Å²) in [5.74, 6) is 0.290. The fourth-order valence-corrected chi connectivity index (χ4v) is 4.72. The molecule has 3 N–H and O–H groups in total. The van der Waals surface area contributed by atoms with Crippen LogP contribution < -0.4 is 5.73 Å². The minimum Gasteiger partial charge on any atom is -0.396 e. The van der Waals surface area contributed by atoms with E-state index in [1.165, 1.54) is 5.56 Å². The van der Waals surface area contributed by atoms with Gasteiger partial charge >= 0.3 is 0 Å². The molecule has 130 valence electrons. The number of amides is 1. The van der Waals surface area contributed by atoms with Crippen LogP contribution in [0.15, 0.2) is 48.5 Å². The zero-order chi connectivity index (χ0) is 17.4. The van der Waals surface area contributed by atoms with Crippen molar-refractivity contribution in [3.8, 4) is 0 Å². The minimum absolute atomic E-state index is 0.0541. The molecule has 25 heavy (non-hydrogen) atoms. The fraction of sp³-hybridized carbons (Fsp3) is 0.400. The molecule has 4 rings (SSSR count). The van der Waals surface area contributed by atoms with E-state index in [0.29, 0.717) is 11.5 Å². The molecule has 2 bridgehead atoms. The summed E-state index contributed by atoms with van der Waals surface area (Å²) in [6, 6.07) is 15.6. The van der Waals surface area contributed by atoms with Gasteiger partial charge in [0.15, 0.2) is 0 Å². The Kier molecular flexibility index (Phi) is 3.96. The van der Waals surface area contributed by atoms with Crippen molar-refractivity contribution in [3.63, 3.8) is 0 Å². The largest absolute Gasteiger partial charge is 0.396 e. The highest BCUT2D eigenvalue weighted by Crippen LogP contribution is 2.51. The third kappa shape index (κ3) is 2.68. The molecule has 1 aromatic heterocycles. The Morgan fingerprint density at radius 3 is 2.72 bits per heavy atom. The average molecular weight is 337 g/mol. The van der Waals surface area contributed by atoms with Crippen molar-refractivity contribution in [1.29, 1.82) is 0 Å². The van der Waals surface area contributed by atoms with Gasteiger partial charge in [-0.15, -0.1) is 0 Å². The van der Waals surface area contributed by atoms with E-state index in [0.717, 1.165) is 25.7 Å². The highest BCUT2D eigenvalue weighted by atomic mass is 16.3. The van der Waals surface area contributed by atoms with E-state index in [2.05, 4.69) is 17.1 Å². The van der Waals surface area contributed by atoms with Crippen LogP contribution in [0.4, 0.5) is 5.82 Å². The summed E-state index contributed by atoms with van der Waals surface area (Å²) in [4.78, 5) is 19.2. The molecular weight excluding hydrogens is 314 g/mol. The van der Waals surface area contributed by atoms with Crippen LogP contribution in [-0.4, -0.2) is 39.6 Å². The highest BCUT2D eigenvalue weighted by molar-refractivity contribution is 5.93. The quantitative estimate of drug-likeness (QED) is 0.897. The zero-order valence-electron chi connectivity index (χ0n) is 14.1. The van der Waals surface area contributed by atoms with Crippen LogP contribution >= 0.6 is 0 Å². The number of hydrogen-bond acceptors (Lipinski definition) is 4. The van der Waals surface area contributed by atoms with Crippen LogP contribution in [0.2, 0.25) is 0 Å². The van der Waals surface area contributed by atoms with Crippen molar-refractivity contribution in [2.24, 2.45) is 5.41 Å². The summed E-state index contributed by atoms with van der Waals surface area (Å²) < 4.78 is 0. The standard InChI is InChI=1S/C20H23N3O2/c21-18-8-4-7-16(22-18)19(25)23-15-9-10-17(23)20(12-15,13-24)11-14-5-2-1-3-6-14/h1-8,15,17,24H,9-13H2,(H2,21,22)/t15-,17+,20-/m1/s1. The molecule has 3 atom stereocenters. The van der Waals surface area contributed by atoms with Crippen molar-refractivity contribution in [2.75, 3.05) is 12.3 Å². The van der Waals surface area contributed by atoms with E-state index in [9.17, 15) is 9.90 Å². The highest BCUT2D eigenvalue weighted by Gasteiger charge is 2.57. The number of nitrogens with two attached hydrogens (primary N) is 1. The number of nitrogens with zero attached hydrogens (tertiary/aromatic N) is 2. The summed E-state index contributed by atoms with van der Waals surface area (Å²) in [6.07, 6.45) is 3.57. The number of hydrogen-bond donors (Lipinski definition) is 2. The predicted molar refractivity (Wildman–Crippen MR) is 95.9 cm³/mol. The van der Waals surface area contributed by atoms with Gasteiger partial charge in [-0.2, -0.15) is 0 Å². The molecule has 2 aliphatic heterocycles. The lowest BCUT2D eigenvalue weighted by Crippen LogP contribution is -2.44. The molecule has 3 heterocycles. The van der Waals surface area contributed by atoms with Crippen LogP contribution in [0.25, 0.3) is 0 Å². The first-order valence-corrected chi connectivity index (χ1v) is 8.83. The first kappa shape index (κ1) is 16.1. The smallest absolute Gasteiger partial charge is 0.273 e. The van der Waals surface area contributed by atoms with Gasteiger partial charge in [-0.3, -0.25) is 4.79 Å². The lowest BCUT2D eigenvalue weighted by atomic mass is 9.70. The van der Waals surface area contributed by atoms with Gasteiger partial charge in [0.25, 0.3) is 5.91 Å². The second kappa shape index (κ2) is 6.15. The molecule has 2 aliphatic rings. The summed E-state index contributed by atoms with van der Waals surface area (Å²) in [5, 5.41) is 10.2. The van der Waals surface area contributed by atoms with Crippen molar-refractivity contribution in [1.82, 2.24) is 9.88 Å². The molecule has 1 aromatic carbocycles. The molecule has 2 aromatic rings. The van der Waals surface area contributed by atoms with E-state index < -0.39 is 0 Å². The number of pyridine rings is 1. The van der Waals surface area contributed by atoms with Gasteiger partial charge < -0.3 is 15.7 Å². The van der Waals surface area contributed by atoms with E-state index in [-0.39, 0.29) is 30.0 Å². The average Bonchev–Trinajstić information content (AvgIpc) is 3.18. The second-order valence-electron chi connectivity index (χ2n) is 7.29. The number of nitrogen functional groups attached to an aromatic ring is 1. The molecule has 0 radical (unpaired) electrons. The normalized spacial score (nSPS) is 27.6. The number of anilines is 1. The maximum Gasteiger partial charge on any atom is 0.273 e. The van der Waals surface area contributed by atoms with Gasteiger partial charge in [0.2, 0.25) is 0 Å². The Bertz CT molecular complexity index is 780. The van der Waals surface area contributed by atoms with Crippen LogP contribution in [0.1, 0.15) is 35.3 Å². The van der Waals surface area contributed by atoms with Gasteiger partial charge in [0.05, 0.1) is 6.61 Å². The lowest BCUT2D eigenvalue weighted by molar-refractivity contribution is 0.0567. The minimum atomic E-state index is -0.264. The second-order valence-corrected chi connectivity index (χ2v) is 7.29. The van der Waals surface area contributed by atoms with Crippen molar-refractivity contribution >= 4 is 11.7 Å². The van der Waals surface area contributed by atoms with Crippen LogP contribution in [0.5, 0.6) is 0 Å². The molecule has 0 aliphatic carbocycles. The topological polar surface area (TPSA) is 79.5 Å². The number of carbonyl (C=O) groups is 1. The van der Waals surface area contributed by atoms with Crippen molar-refractivity contribution < 1.29 is 9.90 Å². The van der Waals surface area contributed by atoms with Gasteiger partial charge in [-0.05, 0) is 43.4 Å². The number of rotatable bonds is 4. The monoisotopic (exact) mass is 337 g/mol. The number of fused-ring (bicyclic) bond motifs is 2. The van der Waals surface area contributed by atoms with E-state index in [4.69, 9.17) is 5.73 Å². The molecule has 5 nitrogen and oxygen atoms in total. The van der Waals surface area contributed by atoms with Crippen LogP contribution in [0.3, 0.4) is 0 Å². The summed E-state index contributed by atoms with van der Waals surface area (Å²) >= 11 is 0. The fourth-order valence-electron chi connectivity index (χ4n) is 4.72. The maximum atomic E-state index is 13.0. The third-order valence-corrected chi connectivity index (χ3v) is 5.79. The van der Waals surface area contributed by atoms with Gasteiger partial charge in [0.1, 0.15) is 11.5 Å². The molecule has 0 unspecified atom stereocenters. The predicted octanol–water partition coefficient (Wildman–Crippen LogP) is 2.26. The summed E-state index contributed by atoms with van der Waals surface area (Å²) in [7, 11) is 0. The van der Waals surface area contributed by atoms with Gasteiger partial charge in [-0.1, -0.05) is 36.4 Å². The molecule has 2 saturated heterocycles. The molecule has 1 amide bonds. The Hall–Kier alpha value is -2.40. The Morgan fingerprint density at radius 1 is 1.20 bits per heavy atom. The van der Waals surface area contributed by atoms with E-state index in [1.54, 1.807) is 18.2 Å².